The van der Waals surface area contributed by atoms with Gasteiger partial charge in [0, 0.05) is 10.6 Å². The monoisotopic (exact) mass is 197 g/mol. The van der Waals surface area contributed by atoms with E-state index in [1.165, 1.54) is 4.90 Å². The van der Waals surface area contributed by atoms with Crippen LogP contribution in [0.4, 0.5) is 5.69 Å². The number of aliphatic hydroxyl groups excluding tert-OH is 1. The van der Waals surface area contributed by atoms with Crippen LogP contribution in [0.1, 0.15) is 5.56 Å². The van der Waals surface area contributed by atoms with Gasteiger partial charge < -0.3 is 5.11 Å². The smallest absolute Gasteiger partial charge is 0.233 e. The Kier molecular flexibility index (Phi) is 1.98. The molecular formula is C9H8ClNO2. The van der Waals surface area contributed by atoms with Crippen LogP contribution >= 0.6 is 11.6 Å². The second-order valence-electron chi connectivity index (χ2n) is 2.88. The largest absolute Gasteiger partial charge is 0.376 e. The number of fused-ring (bicyclic) bond motifs is 1. The molecule has 0 unspecified atom stereocenters. The van der Waals surface area contributed by atoms with Crippen molar-refractivity contribution in [3.05, 3.63) is 28.8 Å². The number of rotatable bonds is 1. The summed E-state index contributed by atoms with van der Waals surface area (Å²) in [5.74, 6) is -0.106. The molecule has 0 saturated carbocycles. The summed E-state index contributed by atoms with van der Waals surface area (Å²) in [6.07, 6.45) is 0.287. The third kappa shape index (κ3) is 1.20. The highest BCUT2D eigenvalue weighted by molar-refractivity contribution is 6.32. The van der Waals surface area contributed by atoms with Crippen LogP contribution in [-0.4, -0.2) is 17.7 Å². The molecule has 1 amide bonds. The minimum absolute atomic E-state index is 0.106. The molecule has 0 radical (unpaired) electrons. The molecule has 13 heavy (non-hydrogen) atoms. The van der Waals surface area contributed by atoms with Crippen molar-refractivity contribution < 1.29 is 9.90 Å². The molecule has 1 aromatic rings. The van der Waals surface area contributed by atoms with Crippen molar-refractivity contribution in [2.45, 2.75) is 6.42 Å². The maximum Gasteiger partial charge on any atom is 0.233 e. The van der Waals surface area contributed by atoms with Gasteiger partial charge in [-0.1, -0.05) is 17.7 Å². The highest BCUT2D eigenvalue weighted by Crippen LogP contribution is 2.33. The first-order valence-electron chi connectivity index (χ1n) is 3.92. The summed E-state index contributed by atoms with van der Waals surface area (Å²) in [4.78, 5) is 12.6. The lowest BCUT2D eigenvalue weighted by atomic mass is 10.2. The zero-order valence-electron chi connectivity index (χ0n) is 6.83. The zero-order valence-corrected chi connectivity index (χ0v) is 7.58. The first-order chi connectivity index (χ1) is 6.24. The third-order valence-corrected chi connectivity index (χ3v) is 2.51. The Morgan fingerprint density at radius 2 is 2.31 bits per heavy atom. The van der Waals surface area contributed by atoms with Crippen LogP contribution in [0, 0.1) is 0 Å². The van der Waals surface area contributed by atoms with Gasteiger partial charge in [0.2, 0.25) is 5.91 Å². The first kappa shape index (κ1) is 8.53. The lowest BCUT2D eigenvalue weighted by molar-refractivity contribution is -0.118. The molecular weight excluding hydrogens is 190 g/mol. The zero-order chi connectivity index (χ0) is 9.42. The van der Waals surface area contributed by atoms with Crippen LogP contribution in [0.15, 0.2) is 18.2 Å². The average molecular weight is 198 g/mol. The molecule has 0 fully saturated rings. The van der Waals surface area contributed by atoms with Gasteiger partial charge in [-0.3, -0.25) is 9.69 Å². The van der Waals surface area contributed by atoms with Gasteiger partial charge >= 0.3 is 0 Å². The molecule has 4 heteroatoms. The van der Waals surface area contributed by atoms with Gasteiger partial charge in [-0.25, -0.2) is 0 Å². The van der Waals surface area contributed by atoms with Crippen molar-refractivity contribution in [3.63, 3.8) is 0 Å². The van der Waals surface area contributed by atoms with Crippen molar-refractivity contribution in [2.75, 3.05) is 11.6 Å². The standard InChI is InChI=1S/C9H8ClNO2/c10-7-2-1-3-8-6(7)4-9(13)11(8)5-12/h1-3,12H,4-5H2. The molecule has 1 aliphatic rings. The summed E-state index contributed by atoms with van der Waals surface area (Å²) in [6.45, 7) is -0.286. The fourth-order valence-electron chi connectivity index (χ4n) is 1.51. The molecule has 0 aliphatic carbocycles. The van der Waals surface area contributed by atoms with Crippen molar-refractivity contribution in [3.8, 4) is 0 Å². The number of nitrogens with zero attached hydrogens (tertiary/aromatic N) is 1. The quantitative estimate of drug-likeness (QED) is 0.735. The summed E-state index contributed by atoms with van der Waals surface area (Å²) in [5, 5.41) is 9.52. The van der Waals surface area contributed by atoms with Crippen LogP contribution in [0.5, 0.6) is 0 Å². The van der Waals surface area contributed by atoms with E-state index >= 15 is 0 Å². The maximum absolute atomic E-state index is 11.3. The second kappa shape index (κ2) is 3.01. The Morgan fingerprint density at radius 1 is 1.54 bits per heavy atom. The minimum atomic E-state index is -0.286. The number of aliphatic hydroxyl groups is 1. The molecule has 2 rings (SSSR count). The molecule has 1 aromatic carbocycles. The molecule has 0 saturated heterocycles. The summed E-state index contributed by atoms with van der Waals surface area (Å²) in [6, 6.07) is 5.29. The molecule has 0 aromatic heterocycles. The average Bonchev–Trinajstić information content (AvgIpc) is 2.43. The number of anilines is 1. The molecule has 1 aliphatic heterocycles. The molecule has 0 spiro atoms. The lowest BCUT2D eigenvalue weighted by Crippen LogP contribution is -2.27. The van der Waals surface area contributed by atoms with Crippen LogP contribution in [-0.2, 0) is 11.2 Å². The Morgan fingerprint density at radius 3 is 3.00 bits per heavy atom. The van der Waals surface area contributed by atoms with Crippen LogP contribution < -0.4 is 4.90 Å². The summed E-state index contributed by atoms with van der Waals surface area (Å²) < 4.78 is 0. The minimum Gasteiger partial charge on any atom is -0.376 e. The molecule has 1 heterocycles. The fraction of sp³-hybridized carbons (Fsp3) is 0.222. The number of hydrogen-bond donors (Lipinski definition) is 1. The van der Waals surface area contributed by atoms with Crippen molar-refractivity contribution in [1.29, 1.82) is 0 Å². The summed E-state index contributed by atoms with van der Waals surface area (Å²) >= 11 is 5.90. The molecule has 1 N–H and O–H groups in total. The van der Waals surface area contributed by atoms with Gasteiger partial charge in [-0.2, -0.15) is 0 Å². The number of carbonyl (C=O) groups excluding carboxylic acids is 1. The Balaban J connectivity index is 2.54. The Bertz CT molecular complexity index is 365. The van der Waals surface area contributed by atoms with Crippen LogP contribution in [0.3, 0.4) is 0 Å². The third-order valence-electron chi connectivity index (χ3n) is 2.16. The highest BCUT2D eigenvalue weighted by Gasteiger charge is 2.27. The number of amides is 1. The predicted octanol–water partition coefficient (Wildman–Crippen LogP) is 1.18. The van der Waals surface area contributed by atoms with E-state index in [4.69, 9.17) is 16.7 Å². The van der Waals surface area contributed by atoms with Crippen molar-refractivity contribution >= 4 is 23.2 Å². The fourth-order valence-corrected chi connectivity index (χ4v) is 1.75. The van der Waals surface area contributed by atoms with Crippen LogP contribution in [0.2, 0.25) is 5.02 Å². The summed E-state index contributed by atoms with van der Waals surface area (Å²) in [5.41, 5.74) is 1.53. The van der Waals surface area contributed by atoms with Crippen LogP contribution in [0.25, 0.3) is 0 Å². The highest BCUT2D eigenvalue weighted by atomic mass is 35.5. The van der Waals surface area contributed by atoms with E-state index in [9.17, 15) is 4.79 Å². The predicted molar refractivity (Wildman–Crippen MR) is 49.7 cm³/mol. The number of hydrogen-bond acceptors (Lipinski definition) is 2. The maximum atomic E-state index is 11.3. The lowest BCUT2D eigenvalue weighted by Gasteiger charge is -2.12. The van der Waals surface area contributed by atoms with Gasteiger partial charge in [-0.15, -0.1) is 0 Å². The number of halogens is 1. The van der Waals surface area contributed by atoms with E-state index in [0.717, 1.165) is 11.3 Å². The summed E-state index contributed by atoms with van der Waals surface area (Å²) in [7, 11) is 0. The van der Waals surface area contributed by atoms with Gasteiger partial charge in [0.25, 0.3) is 0 Å². The van der Waals surface area contributed by atoms with Gasteiger partial charge in [0.1, 0.15) is 6.73 Å². The van der Waals surface area contributed by atoms with E-state index in [0.29, 0.717) is 5.02 Å². The van der Waals surface area contributed by atoms with E-state index in [1.54, 1.807) is 18.2 Å². The first-order valence-corrected chi connectivity index (χ1v) is 4.30. The Labute approximate surface area is 80.5 Å². The van der Waals surface area contributed by atoms with E-state index in [1.807, 2.05) is 0 Å². The normalized spacial score (nSPS) is 14.9. The number of benzene rings is 1. The Hall–Kier alpha value is -1.06. The second-order valence-corrected chi connectivity index (χ2v) is 3.28. The molecule has 68 valence electrons. The van der Waals surface area contributed by atoms with Gasteiger partial charge in [0.15, 0.2) is 0 Å². The molecule has 0 bridgehead atoms. The van der Waals surface area contributed by atoms with E-state index in [2.05, 4.69) is 0 Å². The van der Waals surface area contributed by atoms with Gasteiger partial charge in [0.05, 0.1) is 12.1 Å². The van der Waals surface area contributed by atoms with E-state index in [-0.39, 0.29) is 19.1 Å². The SMILES string of the molecule is O=C1Cc2c(Cl)cccc2N1CO. The van der Waals surface area contributed by atoms with Gasteiger partial charge in [-0.05, 0) is 12.1 Å². The van der Waals surface area contributed by atoms with Crippen molar-refractivity contribution in [2.24, 2.45) is 0 Å². The topological polar surface area (TPSA) is 40.5 Å². The molecule has 3 nitrogen and oxygen atoms in total. The molecule has 0 atom stereocenters. The number of carbonyl (C=O) groups is 1. The van der Waals surface area contributed by atoms with E-state index < -0.39 is 0 Å². The van der Waals surface area contributed by atoms with Crippen molar-refractivity contribution in [1.82, 2.24) is 0 Å².